The molecule has 1 aromatic heterocycles. The van der Waals surface area contributed by atoms with Gasteiger partial charge in [-0.05, 0) is 50.1 Å². The molecule has 0 saturated carbocycles. The highest BCUT2D eigenvalue weighted by Gasteiger charge is 2.36. The summed E-state index contributed by atoms with van der Waals surface area (Å²) in [5.41, 5.74) is 1.01. The van der Waals surface area contributed by atoms with Gasteiger partial charge in [-0.15, -0.1) is 0 Å². The van der Waals surface area contributed by atoms with Crippen molar-refractivity contribution in [3.63, 3.8) is 0 Å². The molecule has 196 valence electrons. The number of hydrogen-bond acceptors (Lipinski definition) is 7. The van der Waals surface area contributed by atoms with E-state index in [-0.39, 0.29) is 41.3 Å². The van der Waals surface area contributed by atoms with Crippen LogP contribution in [0.2, 0.25) is 0 Å². The summed E-state index contributed by atoms with van der Waals surface area (Å²) in [6.45, 7) is 1.85. The summed E-state index contributed by atoms with van der Waals surface area (Å²) in [5, 5.41) is 6.69. The highest BCUT2D eigenvalue weighted by molar-refractivity contribution is 7.89. The molecule has 0 aliphatic carbocycles. The van der Waals surface area contributed by atoms with Crippen LogP contribution in [0.3, 0.4) is 0 Å². The van der Waals surface area contributed by atoms with Crippen molar-refractivity contribution in [2.24, 2.45) is 5.92 Å². The van der Waals surface area contributed by atoms with E-state index in [4.69, 9.17) is 14.0 Å². The van der Waals surface area contributed by atoms with Crippen molar-refractivity contribution >= 4 is 33.8 Å². The summed E-state index contributed by atoms with van der Waals surface area (Å²) in [6.07, 6.45) is 3.52. The minimum atomic E-state index is -3.95. The molecule has 2 aromatic carbocycles. The second-order valence-electron chi connectivity index (χ2n) is 8.55. The van der Waals surface area contributed by atoms with Crippen LogP contribution in [0.4, 0.5) is 10.1 Å². The number of carbonyl (C=O) groups is 1. The van der Waals surface area contributed by atoms with Crippen molar-refractivity contribution in [2.45, 2.75) is 24.7 Å². The molecule has 11 heteroatoms. The monoisotopic (exact) mass is 529 g/mol. The third kappa shape index (κ3) is 5.67. The number of piperidine rings is 1. The van der Waals surface area contributed by atoms with Crippen LogP contribution >= 0.6 is 0 Å². The van der Waals surface area contributed by atoms with Crippen LogP contribution < -0.4 is 14.8 Å². The Morgan fingerprint density at radius 3 is 2.54 bits per heavy atom. The van der Waals surface area contributed by atoms with Crippen LogP contribution in [-0.2, 0) is 14.8 Å². The molecular weight excluding hydrogens is 501 g/mol. The van der Waals surface area contributed by atoms with Gasteiger partial charge in [-0.1, -0.05) is 23.4 Å². The zero-order valence-corrected chi connectivity index (χ0v) is 21.5. The van der Waals surface area contributed by atoms with Crippen LogP contribution in [0.15, 0.2) is 51.9 Å². The van der Waals surface area contributed by atoms with Crippen LogP contribution in [0.25, 0.3) is 12.2 Å². The molecule has 1 aliphatic rings. The Hall–Kier alpha value is -3.70. The molecule has 1 N–H and O–H groups in total. The lowest BCUT2D eigenvalue weighted by molar-refractivity contribution is -0.120. The second kappa shape index (κ2) is 11.1. The van der Waals surface area contributed by atoms with E-state index in [1.54, 1.807) is 43.3 Å². The van der Waals surface area contributed by atoms with Gasteiger partial charge in [0.25, 0.3) is 0 Å². The van der Waals surface area contributed by atoms with Crippen LogP contribution in [-0.4, -0.2) is 51.1 Å². The van der Waals surface area contributed by atoms with E-state index >= 15 is 0 Å². The van der Waals surface area contributed by atoms with Crippen molar-refractivity contribution in [2.75, 3.05) is 32.6 Å². The van der Waals surface area contributed by atoms with E-state index in [2.05, 4.69) is 10.5 Å². The van der Waals surface area contributed by atoms with Gasteiger partial charge in [0.15, 0.2) is 10.7 Å². The van der Waals surface area contributed by atoms with Gasteiger partial charge in [0.05, 0.1) is 19.9 Å². The number of amides is 1. The largest absolute Gasteiger partial charge is 0.497 e. The van der Waals surface area contributed by atoms with Gasteiger partial charge in [0.2, 0.25) is 15.9 Å². The van der Waals surface area contributed by atoms with E-state index in [0.29, 0.717) is 35.6 Å². The molecule has 37 heavy (non-hydrogen) atoms. The molecule has 1 fully saturated rings. The van der Waals surface area contributed by atoms with Crippen molar-refractivity contribution in [1.82, 2.24) is 9.46 Å². The summed E-state index contributed by atoms with van der Waals surface area (Å²) in [7, 11) is -0.914. The van der Waals surface area contributed by atoms with E-state index in [9.17, 15) is 17.6 Å². The van der Waals surface area contributed by atoms with E-state index in [1.165, 1.54) is 36.7 Å². The topological polar surface area (TPSA) is 111 Å². The van der Waals surface area contributed by atoms with E-state index in [1.807, 2.05) is 0 Å². The number of halogens is 1. The molecule has 9 nitrogen and oxygen atoms in total. The Morgan fingerprint density at radius 2 is 1.86 bits per heavy atom. The van der Waals surface area contributed by atoms with Gasteiger partial charge in [-0.2, -0.15) is 4.31 Å². The predicted molar refractivity (Wildman–Crippen MR) is 136 cm³/mol. The van der Waals surface area contributed by atoms with Gasteiger partial charge >= 0.3 is 0 Å². The lowest BCUT2D eigenvalue weighted by Gasteiger charge is -2.30. The average Bonchev–Trinajstić information content (AvgIpc) is 3.29. The summed E-state index contributed by atoms with van der Waals surface area (Å²) in [5.74, 6) is 0.0591. The number of carbonyl (C=O) groups excluding carboxylic acids is 1. The Morgan fingerprint density at radius 1 is 1.14 bits per heavy atom. The van der Waals surface area contributed by atoms with Crippen molar-refractivity contribution in [3.05, 3.63) is 65.3 Å². The van der Waals surface area contributed by atoms with Crippen LogP contribution in [0, 0.1) is 18.7 Å². The molecule has 0 radical (unpaired) electrons. The molecule has 3 aromatic rings. The SMILES string of the molecule is COc1ccc(NC(=O)C2CCN(S(=O)(=O)c3c(C)noc3C=Cc3ccccc3F)CC2)c(OC)c1. The maximum Gasteiger partial charge on any atom is 0.248 e. The first kappa shape index (κ1) is 26.4. The number of nitrogens with zero attached hydrogens (tertiary/aromatic N) is 2. The van der Waals surface area contributed by atoms with E-state index < -0.39 is 15.8 Å². The van der Waals surface area contributed by atoms with Gasteiger partial charge in [0.1, 0.15) is 23.0 Å². The quantitative estimate of drug-likeness (QED) is 0.462. The van der Waals surface area contributed by atoms with Crippen molar-refractivity contribution < 1.29 is 31.6 Å². The number of anilines is 1. The fourth-order valence-electron chi connectivity index (χ4n) is 4.20. The molecule has 4 rings (SSSR count). The lowest BCUT2D eigenvalue weighted by atomic mass is 9.97. The number of sulfonamides is 1. The maximum atomic E-state index is 14.0. The summed E-state index contributed by atoms with van der Waals surface area (Å²) >= 11 is 0. The number of nitrogens with one attached hydrogen (secondary N) is 1. The Balaban J connectivity index is 1.45. The summed E-state index contributed by atoms with van der Waals surface area (Å²) < 4.78 is 58.0. The van der Waals surface area contributed by atoms with Gasteiger partial charge in [-0.3, -0.25) is 4.79 Å². The molecule has 1 aliphatic heterocycles. The van der Waals surface area contributed by atoms with Crippen molar-refractivity contribution in [1.29, 1.82) is 0 Å². The molecule has 1 amide bonds. The van der Waals surface area contributed by atoms with Crippen LogP contribution in [0.1, 0.15) is 29.9 Å². The third-order valence-corrected chi connectivity index (χ3v) is 8.30. The Labute approximate surface area is 214 Å². The zero-order valence-electron chi connectivity index (χ0n) is 20.7. The molecule has 0 spiro atoms. The highest BCUT2D eigenvalue weighted by Crippen LogP contribution is 2.32. The number of methoxy groups -OCH3 is 2. The fraction of sp³-hybridized carbons (Fsp3) is 0.308. The standard InChI is InChI=1S/C26H28FN3O6S/c1-17-25(23(36-29-17)11-8-18-6-4-5-7-21(18)27)37(32,33)30-14-12-19(13-15-30)26(31)28-22-10-9-20(34-2)16-24(22)35-3/h4-11,16,19H,12-15H2,1-3H3,(H,28,31). The van der Waals surface area contributed by atoms with Gasteiger partial charge in [-0.25, -0.2) is 12.8 Å². The second-order valence-corrected chi connectivity index (χ2v) is 10.4. The third-order valence-electron chi connectivity index (χ3n) is 6.24. The minimum absolute atomic E-state index is 0.0206. The number of aryl methyl sites for hydroxylation is 1. The first-order valence-corrected chi connectivity index (χ1v) is 13.1. The first-order valence-electron chi connectivity index (χ1n) is 11.7. The first-order chi connectivity index (χ1) is 17.7. The van der Waals surface area contributed by atoms with Gasteiger partial charge in [0, 0.05) is 30.6 Å². The Kier molecular flexibility index (Phi) is 7.94. The highest BCUT2D eigenvalue weighted by atomic mass is 32.2. The minimum Gasteiger partial charge on any atom is -0.497 e. The fourth-order valence-corrected chi connectivity index (χ4v) is 5.92. The smallest absolute Gasteiger partial charge is 0.248 e. The molecule has 1 saturated heterocycles. The lowest BCUT2D eigenvalue weighted by Crippen LogP contribution is -2.41. The normalized spacial score (nSPS) is 15.1. The number of aromatic nitrogens is 1. The molecule has 0 atom stereocenters. The summed E-state index contributed by atoms with van der Waals surface area (Å²) in [4.78, 5) is 12.8. The molecule has 0 unspecified atom stereocenters. The summed E-state index contributed by atoms with van der Waals surface area (Å²) in [6, 6.07) is 11.2. The number of ether oxygens (including phenoxy) is 2. The number of benzene rings is 2. The molecule has 0 bridgehead atoms. The molecular formula is C26H28FN3O6S. The van der Waals surface area contributed by atoms with Gasteiger partial charge < -0.3 is 19.3 Å². The molecule has 2 heterocycles. The predicted octanol–water partition coefficient (Wildman–Crippen LogP) is 4.35. The van der Waals surface area contributed by atoms with Crippen LogP contribution in [0.5, 0.6) is 11.5 Å². The zero-order chi connectivity index (χ0) is 26.6. The number of hydrogen-bond donors (Lipinski definition) is 1. The Bertz CT molecular complexity index is 1410. The van der Waals surface area contributed by atoms with E-state index in [0.717, 1.165) is 0 Å². The number of rotatable bonds is 8. The van der Waals surface area contributed by atoms with Crippen molar-refractivity contribution in [3.8, 4) is 11.5 Å². The average molecular weight is 530 g/mol. The maximum absolute atomic E-state index is 14.0.